The highest BCUT2D eigenvalue weighted by atomic mass is 19.1. The van der Waals surface area contributed by atoms with Gasteiger partial charge in [0.05, 0.1) is 0 Å². The van der Waals surface area contributed by atoms with E-state index in [1.54, 1.807) is 0 Å². The van der Waals surface area contributed by atoms with E-state index in [1.165, 1.54) is 35.4 Å². The SMILES string of the molecule is CC(C)C(NC(=O)c1ccc(F)cc1)C(=O)NCCN1CCc2ccccc2C1. The Morgan fingerprint density at radius 1 is 1.07 bits per heavy atom. The summed E-state index contributed by atoms with van der Waals surface area (Å²) in [7, 11) is 0. The molecule has 2 aromatic carbocycles. The summed E-state index contributed by atoms with van der Waals surface area (Å²) in [6.45, 7) is 6.92. The van der Waals surface area contributed by atoms with Crippen LogP contribution in [0.2, 0.25) is 0 Å². The van der Waals surface area contributed by atoms with E-state index in [4.69, 9.17) is 0 Å². The summed E-state index contributed by atoms with van der Waals surface area (Å²) in [5, 5.41) is 5.71. The molecule has 1 unspecified atom stereocenters. The second-order valence-corrected chi connectivity index (χ2v) is 7.79. The predicted molar refractivity (Wildman–Crippen MR) is 111 cm³/mol. The number of hydrogen-bond acceptors (Lipinski definition) is 3. The Bertz CT molecular complexity index is 851. The summed E-state index contributed by atoms with van der Waals surface area (Å²) in [5.74, 6) is -1.05. The molecule has 2 N–H and O–H groups in total. The molecule has 0 saturated carbocycles. The molecule has 154 valence electrons. The van der Waals surface area contributed by atoms with Gasteiger partial charge in [-0.15, -0.1) is 0 Å². The number of amides is 2. The van der Waals surface area contributed by atoms with Crippen LogP contribution in [0.3, 0.4) is 0 Å². The van der Waals surface area contributed by atoms with Crippen molar-refractivity contribution >= 4 is 11.8 Å². The molecule has 2 aromatic rings. The van der Waals surface area contributed by atoms with E-state index in [2.05, 4.69) is 39.8 Å². The standard InChI is InChI=1S/C23H28FN3O2/c1-16(2)21(26-22(28)18-7-9-20(24)10-8-18)23(29)25-12-14-27-13-11-17-5-3-4-6-19(17)15-27/h3-10,16,21H,11-15H2,1-2H3,(H,25,29)(H,26,28). The first kappa shape index (κ1) is 21.0. The quantitative estimate of drug-likeness (QED) is 0.755. The van der Waals surface area contributed by atoms with Gasteiger partial charge in [-0.3, -0.25) is 14.5 Å². The molecule has 0 spiro atoms. The van der Waals surface area contributed by atoms with Crippen LogP contribution >= 0.6 is 0 Å². The van der Waals surface area contributed by atoms with Gasteiger partial charge in [0, 0.05) is 31.7 Å². The third-order valence-corrected chi connectivity index (χ3v) is 5.28. The number of carbonyl (C=O) groups is 2. The highest BCUT2D eigenvalue weighted by molar-refractivity contribution is 5.97. The minimum atomic E-state index is -0.644. The molecular weight excluding hydrogens is 369 g/mol. The normalized spacial score (nSPS) is 14.9. The lowest BCUT2D eigenvalue weighted by Gasteiger charge is -2.29. The number of rotatable bonds is 7. The van der Waals surface area contributed by atoms with Crippen LogP contribution in [-0.2, 0) is 17.8 Å². The van der Waals surface area contributed by atoms with Gasteiger partial charge in [0.1, 0.15) is 11.9 Å². The maximum absolute atomic E-state index is 13.0. The van der Waals surface area contributed by atoms with E-state index in [0.717, 1.165) is 26.1 Å². The van der Waals surface area contributed by atoms with Gasteiger partial charge >= 0.3 is 0 Å². The van der Waals surface area contributed by atoms with Crippen LogP contribution in [0.4, 0.5) is 4.39 Å². The number of fused-ring (bicyclic) bond motifs is 1. The monoisotopic (exact) mass is 397 g/mol. The summed E-state index contributed by atoms with van der Waals surface area (Å²) >= 11 is 0. The van der Waals surface area contributed by atoms with Crippen LogP contribution in [0.1, 0.15) is 35.3 Å². The average molecular weight is 397 g/mol. The van der Waals surface area contributed by atoms with Crippen LogP contribution in [-0.4, -0.2) is 42.4 Å². The van der Waals surface area contributed by atoms with Crippen molar-refractivity contribution in [3.8, 4) is 0 Å². The second kappa shape index (κ2) is 9.65. The van der Waals surface area contributed by atoms with Gasteiger partial charge < -0.3 is 10.6 Å². The summed E-state index contributed by atoms with van der Waals surface area (Å²) in [6, 6.07) is 13.1. The number of benzene rings is 2. The smallest absolute Gasteiger partial charge is 0.251 e. The number of nitrogens with zero attached hydrogens (tertiary/aromatic N) is 1. The summed E-state index contributed by atoms with van der Waals surface area (Å²) in [5.41, 5.74) is 3.07. The van der Waals surface area contributed by atoms with Gasteiger partial charge in [-0.2, -0.15) is 0 Å². The molecule has 5 nitrogen and oxygen atoms in total. The van der Waals surface area contributed by atoms with Crippen LogP contribution in [0, 0.1) is 11.7 Å². The maximum atomic E-state index is 13.0. The topological polar surface area (TPSA) is 61.4 Å². The largest absolute Gasteiger partial charge is 0.353 e. The summed E-state index contributed by atoms with van der Waals surface area (Å²) in [4.78, 5) is 27.4. The fraction of sp³-hybridized carbons (Fsp3) is 0.391. The minimum absolute atomic E-state index is 0.0683. The van der Waals surface area contributed by atoms with E-state index >= 15 is 0 Å². The lowest BCUT2D eigenvalue weighted by atomic mass is 10.00. The Hall–Kier alpha value is -2.73. The van der Waals surface area contributed by atoms with E-state index in [0.29, 0.717) is 12.1 Å². The lowest BCUT2D eigenvalue weighted by molar-refractivity contribution is -0.124. The van der Waals surface area contributed by atoms with Crippen molar-refractivity contribution in [2.75, 3.05) is 19.6 Å². The van der Waals surface area contributed by atoms with E-state index < -0.39 is 11.9 Å². The molecule has 3 rings (SSSR count). The van der Waals surface area contributed by atoms with Gasteiger partial charge in [-0.25, -0.2) is 4.39 Å². The Labute approximate surface area is 171 Å². The molecule has 0 fully saturated rings. The Morgan fingerprint density at radius 2 is 1.76 bits per heavy atom. The minimum Gasteiger partial charge on any atom is -0.353 e. The Kier molecular flexibility index (Phi) is 6.99. The van der Waals surface area contributed by atoms with Gasteiger partial charge in [0.2, 0.25) is 5.91 Å². The molecule has 0 saturated heterocycles. The Balaban J connectivity index is 1.49. The fourth-order valence-corrected chi connectivity index (χ4v) is 3.55. The molecule has 1 aliphatic heterocycles. The molecule has 0 radical (unpaired) electrons. The highest BCUT2D eigenvalue weighted by Gasteiger charge is 2.25. The number of carbonyl (C=O) groups excluding carboxylic acids is 2. The van der Waals surface area contributed by atoms with Crippen molar-refractivity contribution in [2.45, 2.75) is 32.9 Å². The van der Waals surface area contributed by atoms with Crippen molar-refractivity contribution in [1.82, 2.24) is 15.5 Å². The van der Waals surface area contributed by atoms with Crippen LogP contribution in [0.5, 0.6) is 0 Å². The number of halogens is 1. The zero-order valence-electron chi connectivity index (χ0n) is 17.0. The van der Waals surface area contributed by atoms with Gasteiger partial charge in [-0.05, 0) is 47.7 Å². The van der Waals surface area contributed by atoms with Gasteiger partial charge in [0.25, 0.3) is 5.91 Å². The van der Waals surface area contributed by atoms with Crippen molar-refractivity contribution in [3.63, 3.8) is 0 Å². The van der Waals surface area contributed by atoms with Crippen LogP contribution < -0.4 is 10.6 Å². The van der Waals surface area contributed by atoms with Crippen LogP contribution in [0.25, 0.3) is 0 Å². The summed E-state index contributed by atoms with van der Waals surface area (Å²) in [6.07, 6.45) is 1.02. The first-order valence-electron chi connectivity index (χ1n) is 10.1. The summed E-state index contributed by atoms with van der Waals surface area (Å²) < 4.78 is 13.0. The molecule has 1 atom stereocenters. The van der Waals surface area contributed by atoms with Crippen molar-refractivity contribution in [2.24, 2.45) is 5.92 Å². The first-order valence-corrected chi connectivity index (χ1v) is 10.1. The Morgan fingerprint density at radius 3 is 2.45 bits per heavy atom. The molecule has 1 heterocycles. The first-order chi connectivity index (χ1) is 13.9. The van der Waals surface area contributed by atoms with Crippen molar-refractivity contribution < 1.29 is 14.0 Å². The highest BCUT2D eigenvalue weighted by Crippen LogP contribution is 2.17. The molecule has 29 heavy (non-hydrogen) atoms. The molecule has 2 amide bonds. The lowest BCUT2D eigenvalue weighted by Crippen LogP contribution is -2.51. The van der Waals surface area contributed by atoms with Crippen molar-refractivity contribution in [3.05, 3.63) is 71.0 Å². The van der Waals surface area contributed by atoms with E-state index in [-0.39, 0.29) is 17.7 Å². The maximum Gasteiger partial charge on any atom is 0.251 e. The van der Waals surface area contributed by atoms with E-state index in [9.17, 15) is 14.0 Å². The number of hydrogen-bond donors (Lipinski definition) is 2. The zero-order valence-corrected chi connectivity index (χ0v) is 17.0. The molecule has 6 heteroatoms. The van der Waals surface area contributed by atoms with Crippen LogP contribution in [0.15, 0.2) is 48.5 Å². The number of nitrogens with one attached hydrogen (secondary N) is 2. The predicted octanol–water partition coefficient (Wildman–Crippen LogP) is 2.75. The van der Waals surface area contributed by atoms with Gasteiger partial charge in [-0.1, -0.05) is 38.1 Å². The van der Waals surface area contributed by atoms with E-state index in [1.807, 2.05) is 13.8 Å². The molecular formula is C23H28FN3O2. The molecule has 0 aromatic heterocycles. The fourth-order valence-electron chi connectivity index (χ4n) is 3.55. The third-order valence-electron chi connectivity index (χ3n) is 5.28. The van der Waals surface area contributed by atoms with Gasteiger partial charge in [0.15, 0.2) is 0 Å². The average Bonchev–Trinajstić information content (AvgIpc) is 2.72. The molecule has 1 aliphatic rings. The second-order valence-electron chi connectivity index (χ2n) is 7.79. The molecule has 0 aliphatic carbocycles. The zero-order chi connectivity index (χ0) is 20.8. The third kappa shape index (κ3) is 5.64. The van der Waals surface area contributed by atoms with Crippen molar-refractivity contribution in [1.29, 1.82) is 0 Å². The molecule has 0 bridgehead atoms.